The van der Waals surface area contributed by atoms with E-state index in [9.17, 15) is 22.4 Å². The molecule has 30 heavy (non-hydrogen) atoms. The van der Waals surface area contributed by atoms with E-state index < -0.39 is 21.8 Å². The van der Waals surface area contributed by atoms with Crippen LogP contribution in [-0.2, 0) is 25.4 Å². The maximum absolute atomic E-state index is 13.7. The number of halogens is 1. The molecule has 0 spiro atoms. The van der Waals surface area contributed by atoms with Crippen LogP contribution >= 0.6 is 11.8 Å². The highest BCUT2D eigenvalue weighted by Gasteiger charge is 2.32. The van der Waals surface area contributed by atoms with E-state index in [4.69, 9.17) is 0 Å². The van der Waals surface area contributed by atoms with Gasteiger partial charge < -0.3 is 4.90 Å². The van der Waals surface area contributed by atoms with Gasteiger partial charge >= 0.3 is 0 Å². The van der Waals surface area contributed by atoms with Gasteiger partial charge in [0.05, 0.1) is 12.2 Å². The number of piperazine rings is 1. The fourth-order valence-corrected chi connectivity index (χ4v) is 4.94. The molecular weight excluding hydrogens is 431 g/mol. The average Bonchev–Trinajstić information content (AvgIpc) is 2.69. The second kappa shape index (κ2) is 9.36. The molecule has 2 aliphatic heterocycles. The Kier molecular flexibility index (Phi) is 7.04. The number of hydrogen-bond donors (Lipinski definition) is 0. The maximum atomic E-state index is 13.7. The summed E-state index contributed by atoms with van der Waals surface area (Å²) < 4.78 is 38.2. The molecule has 162 valence electrons. The molecule has 1 aromatic carbocycles. The molecule has 11 heteroatoms. The minimum absolute atomic E-state index is 0.0538. The molecule has 3 rings (SSSR count). The smallest absolute Gasteiger partial charge is 0.257 e. The first-order valence-corrected chi connectivity index (χ1v) is 12.3. The van der Waals surface area contributed by atoms with Crippen LogP contribution in [0.4, 0.5) is 4.39 Å². The summed E-state index contributed by atoms with van der Waals surface area (Å²) >= 11 is 1.17. The average molecular weight is 455 g/mol. The predicted octanol–water partition coefficient (Wildman–Crippen LogP) is 1.53. The monoisotopic (exact) mass is 454 g/mol. The van der Waals surface area contributed by atoms with E-state index in [0.29, 0.717) is 17.0 Å². The summed E-state index contributed by atoms with van der Waals surface area (Å²) in [6.45, 7) is 2.73. The van der Waals surface area contributed by atoms with E-state index in [1.54, 1.807) is 30.0 Å². The Morgan fingerprint density at radius 1 is 1.20 bits per heavy atom. The molecule has 0 bridgehead atoms. The first kappa shape index (κ1) is 22.6. The lowest BCUT2D eigenvalue weighted by Gasteiger charge is -2.34. The Labute approximate surface area is 179 Å². The van der Waals surface area contributed by atoms with Gasteiger partial charge in [-0.05, 0) is 18.6 Å². The van der Waals surface area contributed by atoms with Crippen molar-refractivity contribution in [3.63, 3.8) is 0 Å². The Morgan fingerprint density at radius 2 is 1.87 bits per heavy atom. The first-order chi connectivity index (χ1) is 14.1. The lowest BCUT2D eigenvalue weighted by Crippen LogP contribution is -2.50. The second-order valence-corrected chi connectivity index (χ2v) is 10.1. The third kappa shape index (κ3) is 5.52. The molecule has 2 heterocycles. The molecule has 1 fully saturated rings. The fraction of sp³-hybridized carbons (Fsp3) is 0.474. The van der Waals surface area contributed by atoms with Crippen LogP contribution in [0.5, 0.6) is 0 Å². The first-order valence-electron chi connectivity index (χ1n) is 9.42. The van der Waals surface area contributed by atoms with E-state index in [1.165, 1.54) is 22.1 Å². The molecule has 2 amide bonds. The van der Waals surface area contributed by atoms with Crippen molar-refractivity contribution in [3.05, 3.63) is 35.6 Å². The quantitative estimate of drug-likeness (QED) is 0.672. The molecule has 1 atom stereocenters. The van der Waals surface area contributed by atoms with Crippen molar-refractivity contribution in [1.29, 1.82) is 0 Å². The Balaban J connectivity index is 1.56. The zero-order chi connectivity index (χ0) is 21.9. The summed E-state index contributed by atoms with van der Waals surface area (Å²) in [4.78, 5) is 34.9. The van der Waals surface area contributed by atoms with Gasteiger partial charge in [0.2, 0.25) is 15.9 Å². The van der Waals surface area contributed by atoms with Crippen molar-refractivity contribution in [2.75, 3.05) is 32.4 Å². The lowest BCUT2D eigenvalue weighted by atomic mass is 9.98. The topological polar surface area (TPSA) is 99.5 Å². The molecule has 0 radical (unpaired) electrons. The van der Waals surface area contributed by atoms with Crippen LogP contribution in [0.3, 0.4) is 0 Å². The summed E-state index contributed by atoms with van der Waals surface area (Å²) in [5, 5.41) is 0.256. The second-order valence-electron chi connectivity index (χ2n) is 7.17. The van der Waals surface area contributed by atoms with E-state index in [1.807, 2.05) is 0 Å². The van der Waals surface area contributed by atoms with Crippen molar-refractivity contribution >= 4 is 44.5 Å². The van der Waals surface area contributed by atoms with Gasteiger partial charge in [-0.3, -0.25) is 9.59 Å². The summed E-state index contributed by atoms with van der Waals surface area (Å²) in [6.07, 6.45) is 1.09. The van der Waals surface area contributed by atoms with E-state index in [-0.39, 0.29) is 49.5 Å². The van der Waals surface area contributed by atoms with Crippen LogP contribution in [0, 0.1) is 11.7 Å². The Morgan fingerprint density at radius 3 is 2.47 bits per heavy atom. The molecule has 2 aliphatic rings. The van der Waals surface area contributed by atoms with E-state index in [2.05, 4.69) is 9.98 Å². The summed E-state index contributed by atoms with van der Waals surface area (Å²) in [7, 11) is -3.28. The fourth-order valence-electron chi connectivity index (χ4n) is 3.23. The summed E-state index contributed by atoms with van der Waals surface area (Å²) in [6, 6.07) is 6.37. The Bertz CT molecular complexity index is 1000. The van der Waals surface area contributed by atoms with Crippen LogP contribution in [-0.4, -0.2) is 72.8 Å². The van der Waals surface area contributed by atoms with Gasteiger partial charge in [0.25, 0.3) is 5.91 Å². The van der Waals surface area contributed by atoms with Crippen LogP contribution in [0.25, 0.3) is 0 Å². The molecule has 8 nitrogen and oxygen atoms in total. The van der Waals surface area contributed by atoms with Crippen LogP contribution < -0.4 is 0 Å². The number of rotatable bonds is 5. The van der Waals surface area contributed by atoms with Crippen molar-refractivity contribution in [2.24, 2.45) is 15.9 Å². The lowest BCUT2D eigenvalue weighted by molar-refractivity contribution is -0.135. The number of benzene rings is 1. The number of aliphatic imine (C=N–C) groups is 2. The zero-order valence-electron chi connectivity index (χ0n) is 16.7. The number of thioether (sulfide) groups is 1. The molecule has 0 saturated carbocycles. The normalized spacial score (nSPS) is 20.7. The molecule has 0 aromatic heterocycles. The molecule has 0 aliphatic carbocycles. The van der Waals surface area contributed by atoms with Gasteiger partial charge in [0, 0.05) is 44.1 Å². The summed E-state index contributed by atoms with van der Waals surface area (Å²) in [5.74, 6) is -1.43. The van der Waals surface area contributed by atoms with Gasteiger partial charge in [-0.25, -0.2) is 17.8 Å². The number of hydrogen-bond acceptors (Lipinski definition) is 6. The molecule has 1 unspecified atom stereocenters. The molecular formula is C19H23FN4O4S2. The number of nitrogens with zero attached hydrogens (tertiary/aromatic N) is 4. The van der Waals surface area contributed by atoms with Crippen molar-refractivity contribution in [3.8, 4) is 0 Å². The van der Waals surface area contributed by atoms with Crippen LogP contribution in [0.1, 0.15) is 18.9 Å². The summed E-state index contributed by atoms with van der Waals surface area (Å²) in [5.41, 5.74) is 0.991. The third-order valence-corrected chi connectivity index (χ3v) is 7.23. The minimum Gasteiger partial charge on any atom is -0.340 e. The van der Waals surface area contributed by atoms with Crippen molar-refractivity contribution in [1.82, 2.24) is 9.21 Å². The SMILES string of the molecule is CC1=NC(SCc2ccccc2F)=NC(=O)C1CC(=O)N1CCN(S(C)(=O)=O)CC1. The highest BCUT2D eigenvalue weighted by atomic mass is 32.2. The van der Waals surface area contributed by atoms with Gasteiger partial charge in [-0.1, -0.05) is 30.0 Å². The molecule has 1 saturated heterocycles. The van der Waals surface area contributed by atoms with Gasteiger partial charge in [-0.15, -0.1) is 0 Å². The highest BCUT2D eigenvalue weighted by molar-refractivity contribution is 8.13. The predicted molar refractivity (Wildman–Crippen MR) is 114 cm³/mol. The number of carbonyl (C=O) groups excluding carboxylic acids is 2. The Hall–Kier alpha value is -2.11. The number of amides is 2. The molecule has 0 N–H and O–H groups in total. The largest absolute Gasteiger partial charge is 0.340 e. The van der Waals surface area contributed by atoms with Crippen molar-refractivity contribution < 1.29 is 22.4 Å². The van der Waals surface area contributed by atoms with E-state index in [0.717, 1.165) is 6.26 Å². The third-order valence-electron chi connectivity index (χ3n) is 5.03. The minimum atomic E-state index is -3.28. The number of carbonyl (C=O) groups is 2. The van der Waals surface area contributed by atoms with Crippen molar-refractivity contribution in [2.45, 2.75) is 19.1 Å². The standard InChI is InChI=1S/C19H23FN4O4S2/c1-13-15(11-17(25)23-7-9-24(10-8-23)30(2,27)28)18(26)22-19(21-13)29-12-14-5-3-4-6-16(14)20/h3-6,15H,7-12H2,1-2H3. The number of amidine groups is 1. The molecule has 1 aromatic rings. The van der Waals surface area contributed by atoms with E-state index >= 15 is 0 Å². The maximum Gasteiger partial charge on any atom is 0.257 e. The highest BCUT2D eigenvalue weighted by Crippen LogP contribution is 2.23. The van der Waals surface area contributed by atoms with Gasteiger partial charge in [-0.2, -0.15) is 9.30 Å². The zero-order valence-corrected chi connectivity index (χ0v) is 18.4. The van der Waals surface area contributed by atoms with Crippen LogP contribution in [0.15, 0.2) is 34.3 Å². The van der Waals surface area contributed by atoms with Gasteiger partial charge in [0.15, 0.2) is 5.17 Å². The van der Waals surface area contributed by atoms with Crippen LogP contribution in [0.2, 0.25) is 0 Å². The number of sulfonamides is 1. The van der Waals surface area contributed by atoms with Gasteiger partial charge in [0.1, 0.15) is 5.82 Å².